The van der Waals surface area contributed by atoms with Gasteiger partial charge in [-0.15, -0.1) is 17.9 Å². The second kappa shape index (κ2) is 17.8. The van der Waals surface area contributed by atoms with Gasteiger partial charge in [-0.1, -0.05) is 6.08 Å². The predicted molar refractivity (Wildman–Crippen MR) is 212 cm³/mol. The minimum absolute atomic E-state index is 0.128. The third-order valence-corrected chi connectivity index (χ3v) is 11.9. The van der Waals surface area contributed by atoms with Crippen molar-refractivity contribution in [1.29, 1.82) is 0 Å². The molecular formula is C38H46F3N7O10S2. The molecule has 17 nitrogen and oxygen atoms in total. The number of benzene rings is 1. The Hall–Kier alpha value is -5.22. The van der Waals surface area contributed by atoms with Crippen molar-refractivity contribution < 1.29 is 59.2 Å². The number of thiazole rings is 1. The molecule has 3 heterocycles. The lowest BCUT2D eigenvalue weighted by molar-refractivity contribution is -0.153. The lowest BCUT2D eigenvalue weighted by atomic mass is 10.1. The van der Waals surface area contributed by atoms with E-state index in [0.29, 0.717) is 51.8 Å². The fraction of sp³-hybridized carbons (Fsp3) is 0.526. The van der Waals surface area contributed by atoms with Crippen molar-refractivity contribution in [1.82, 2.24) is 30.2 Å². The number of likely N-dealkylation sites (tertiary alicyclic amines) is 1. The van der Waals surface area contributed by atoms with Crippen molar-refractivity contribution in [2.75, 3.05) is 25.6 Å². The van der Waals surface area contributed by atoms with E-state index < -0.39 is 76.5 Å². The molecule has 4 amide bonds. The van der Waals surface area contributed by atoms with E-state index in [9.17, 15) is 40.8 Å². The minimum Gasteiger partial charge on any atom is -0.497 e. The number of nitrogens with zero attached hydrogens (tertiary/aromatic N) is 3. The first-order chi connectivity index (χ1) is 28.3. The molecule has 1 aliphatic heterocycles. The predicted octanol–water partition coefficient (Wildman–Crippen LogP) is 4.59. The Morgan fingerprint density at radius 3 is 2.47 bits per heavy atom. The summed E-state index contributed by atoms with van der Waals surface area (Å²) < 4.78 is 85.5. The highest BCUT2D eigenvalue weighted by Gasteiger charge is 2.61. The van der Waals surface area contributed by atoms with Gasteiger partial charge in [-0.05, 0) is 65.0 Å². The molecule has 0 radical (unpaired) electrons. The van der Waals surface area contributed by atoms with E-state index in [-0.39, 0.29) is 31.5 Å². The number of carbonyl (C=O) groups is 4. The van der Waals surface area contributed by atoms with Crippen molar-refractivity contribution in [3.63, 3.8) is 0 Å². The zero-order chi connectivity index (χ0) is 43.6. The van der Waals surface area contributed by atoms with E-state index in [2.05, 4.69) is 31.7 Å². The van der Waals surface area contributed by atoms with E-state index >= 15 is 0 Å². The van der Waals surface area contributed by atoms with Crippen LogP contribution < -0.4 is 30.1 Å². The molecule has 5 atom stereocenters. The first-order valence-electron chi connectivity index (χ1n) is 19.2. The average Bonchev–Trinajstić information content (AvgIpc) is 3.59. The van der Waals surface area contributed by atoms with E-state index in [4.69, 9.17) is 19.2 Å². The van der Waals surface area contributed by atoms with E-state index in [1.54, 1.807) is 24.3 Å². The third kappa shape index (κ3) is 10.6. The molecule has 1 unspecified atom stereocenters. The van der Waals surface area contributed by atoms with Crippen LogP contribution in [-0.4, -0.2) is 109 Å². The number of aromatic nitrogens is 2. The number of hydrogen-bond donors (Lipinski definition) is 4. The van der Waals surface area contributed by atoms with Gasteiger partial charge in [0.05, 0.1) is 24.9 Å². The minimum atomic E-state index is -5.26. The molecule has 2 saturated carbocycles. The van der Waals surface area contributed by atoms with Crippen LogP contribution in [0, 0.1) is 5.92 Å². The highest BCUT2D eigenvalue weighted by Crippen LogP contribution is 2.45. The lowest BCUT2D eigenvalue weighted by Gasteiger charge is -2.28. The van der Waals surface area contributed by atoms with Crippen molar-refractivity contribution >= 4 is 61.5 Å². The summed E-state index contributed by atoms with van der Waals surface area (Å²) in [4.78, 5) is 65.1. The summed E-state index contributed by atoms with van der Waals surface area (Å²) in [6.07, 6.45) is -2.83. The van der Waals surface area contributed by atoms with E-state index in [1.807, 2.05) is 19.2 Å². The van der Waals surface area contributed by atoms with E-state index in [0.717, 1.165) is 12.8 Å². The Balaban J connectivity index is 1.28. The van der Waals surface area contributed by atoms with Crippen LogP contribution in [0.1, 0.15) is 59.3 Å². The number of rotatable bonds is 16. The van der Waals surface area contributed by atoms with Crippen molar-refractivity contribution in [3.05, 3.63) is 42.3 Å². The number of alkyl carbamates (subject to hydrolysis) is 1. The second-order valence-corrected chi connectivity index (χ2v) is 17.4. The standard InChI is InChI=1S/C38H46F3N7O10S2/c1-6-22-16-37(22,34(51)47-60(53,54)56-19-38(39,40)41)46-32(49)30-14-25(17-48(30)33(50)21(4)43-36(52)58-23-9-7-8-10-23)57-31-15-28(29-18-59-35(45-29)42-20(2)3)44-27-13-24(55-5)11-12-26(27)31/h6,11-13,15,18,20-23,25,30H,1,7-10,14,16-17,19H2,2-5H3,(H,42,45)(H,43,52)(H,46,49)(H,47,51)/t21-,22?,25+,30-,37+/m0/s1. The molecule has 6 rings (SSSR count). The summed E-state index contributed by atoms with van der Waals surface area (Å²) in [7, 11) is -3.74. The van der Waals surface area contributed by atoms with Gasteiger partial charge in [-0.2, -0.15) is 21.6 Å². The number of methoxy groups -OCH3 is 1. The molecular weight excluding hydrogens is 836 g/mol. The van der Waals surface area contributed by atoms with Gasteiger partial charge < -0.3 is 35.1 Å². The SMILES string of the molecule is C=CC1C[C@]1(NC(=O)[C@@H]1C[C@@H](Oc2cc(-c3csc(NC(C)C)n3)nc3cc(OC)ccc23)CN1C(=O)[C@H](C)NC(=O)OC1CCCC1)C(=O)NS(=O)(=O)OCC(F)(F)F. The number of nitrogens with one attached hydrogen (secondary N) is 4. The van der Waals surface area contributed by atoms with Gasteiger partial charge in [0.25, 0.3) is 5.91 Å². The summed E-state index contributed by atoms with van der Waals surface area (Å²) in [5.74, 6) is -2.93. The van der Waals surface area contributed by atoms with Gasteiger partial charge in [0.1, 0.15) is 47.0 Å². The molecule has 1 aromatic carbocycles. The second-order valence-electron chi connectivity index (χ2n) is 15.2. The summed E-state index contributed by atoms with van der Waals surface area (Å²) in [5.41, 5.74) is -0.442. The van der Waals surface area contributed by atoms with Crippen LogP contribution in [0.15, 0.2) is 42.3 Å². The monoisotopic (exact) mass is 881 g/mol. The van der Waals surface area contributed by atoms with E-state index in [1.165, 1.54) is 41.1 Å². The normalized spacial score (nSPS) is 22.3. The summed E-state index contributed by atoms with van der Waals surface area (Å²) in [6.45, 7) is 6.63. The Labute approximate surface area is 348 Å². The molecule has 3 aromatic rings. The maximum atomic E-state index is 14.2. The Morgan fingerprint density at radius 2 is 1.82 bits per heavy atom. The molecule has 60 heavy (non-hydrogen) atoms. The lowest BCUT2D eigenvalue weighted by Crippen LogP contribution is -2.58. The maximum absolute atomic E-state index is 14.2. The molecule has 1 saturated heterocycles. The quantitative estimate of drug-likeness (QED) is 0.145. The number of hydrogen-bond acceptors (Lipinski definition) is 14. The number of alkyl halides is 3. The first-order valence-corrected chi connectivity index (χ1v) is 21.5. The molecule has 0 bridgehead atoms. The van der Waals surface area contributed by atoms with Gasteiger partial charge in [0.2, 0.25) is 11.8 Å². The van der Waals surface area contributed by atoms with Gasteiger partial charge >= 0.3 is 22.6 Å². The number of ether oxygens (including phenoxy) is 3. The zero-order valence-corrected chi connectivity index (χ0v) is 34.8. The van der Waals surface area contributed by atoms with Crippen LogP contribution in [0.4, 0.5) is 23.1 Å². The topological polar surface area (TPSA) is 216 Å². The summed E-state index contributed by atoms with van der Waals surface area (Å²) >= 11 is 1.39. The van der Waals surface area contributed by atoms with Crippen LogP contribution >= 0.6 is 11.3 Å². The highest BCUT2D eigenvalue weighted by atomic mass is 32.2. The number of amides is 4. The number of halogens is 3. The number of anilines is 1. The molecule has 3 aliphatic rings. The average molecular weight is 882 g/mol. The number of fused-ring (bicyclic) bond motifs is 1. The fourth-order valence-electron chi connectivity index (χ4n) is 7.19. The first kappa shape index (κ1) is 44.3. The number of pyridine rings is 1. The van der Waals surface area contributed by atoms with Crippen LogP contribution in [0.2, 0.25) is 0 Å². The fourth-order valence-corrected chi connectivity index (χ4v) is 8.79. The Kier molecular flexibility index (Phi) is 13.1. The highest BCUT2D eigenvalue weighted by molar-refractivity contribution is 7.85. The molecule has 326 valence electrons. The molecule has 22 heteroatoms. The third-order valence-electron chi connectivity index (χ3n) is 10.2. The number of carbonyl (C=O) groups excluding carboxylic acids is 4. The van der Waals surface area contributed by atoms with Crippen LogP contribution in [-0.2, 0) is 33.6 Å². The largest absolute Gasteiger partial charge is 0.497 e. The molecule has 2 aromatic heterocycles. The summed E-state index contributed by atoms with van der Waals surface area (Å²) in [5, 5.41) is 11.4. The molecule has 2 aliphatic carbocycles. The summed E-state index contributed by atoms with van der Waals surface area (Å²) in [6, 6.07) is 4.45. The smallest absolute Gasteiger partial charge is 0.413 e. The Bertz CT molecular complexity index is 2230. The van der Waals surface area contributed by atoms with Crippen LogP contribution in [0.3, 0.4) is 0 Å². The van der Waals surface area contributed by atoms with Gasteiger partial charge in [-0.3, -0.25) is 14.4 Å². The Morgan fingerprint density at radius 1 is 1.08 bits per heavy atom. The van der Waals surface area contributed by atoms with Crippen molar-refractivity contribution in [3.8, 4) is 22.9 Å². The molecule has 0 spiro atoms. The van der Waals surface area contributed by atoms with Crippen LogP contribution in [0.25, 0.3) is 22.3 Å². The van der Waals surface area contributed by atoms with Crippen LogP contribution in [0.5, 0.6) is 11.5 Å². The molecule has 3 fully saturated rings. The van der Waals surface area contributed by atoms with Crippen molar-refractivity contribution in [2.45, 2.75) is 101 Å². The molecule has 4 N–H and O–H groups in total. The van der Waals surface area contributed by atoms with Gasteiger partial charge in [0, 0.05) is 41.3 Å². The van der Waals surface area contributed by atoms with Gasteiger partial charge in [-0.25, -0.2) is 23.7 Å². The van der Waals surface area contributed by atoms with Crippen molar-refractivity contribution in [2.24, 2.45) is 5.92 Å². The van der Waals surface area contributed by atoms with Gasteiger partial charge in [0.15, 0.2) is 11.7 Å². The maximum Gasteiger partial charge on any atom is 0.413 e. The zero-order valence-electron chi connectivity index (χ0n) is 33.2.